The van der Waals surface area contributed by atoms with E-state index in [9.17, 15) is 4.79 Å². The second kappa shape index (κ2) is 10.0. The molecule has 1 aliphatic heterocycles. The Morgan fingerprint density at radius 1 is 1.25 bits per heavy atom. The van der Waals surface area contributed by atoms with Gasteiger partial charge in [-0.15, -0.1) is 0 Å². The molecule has 1 aromatic heterocycles. The number of pyridine rings is 1. The molecule has 3 rings (SSSR count). The Kier molecular flexibility index (Phi) is 7.17. The molecule has 6 nitrogen and oxygen atoms in total. The summed E-state index contributed by atoms with van der Waals surface area (Å²) in [5.41, 5.74) is 2.75. The molecule has 0 radical (unpaired) electrons. The van der Waals surface area contributed by atoms with Crippen molar-refractivity contribution < 1.29 is 9.53 Å². The number of urea groups is 1. The van der Waals surface area contributed by atoms with Crippen LogP contribution in [0.1, 0.15) is 11.3 Å². The number of rotatable bonds is 5. The van der Waals surface area contributed by atoms with Crippen LogP contribution < -0.4 is 5.32 Å². The van der Waals surface area contributed by atoms with Crippen LogP contribution in [-0.4, -0.2) is 67.8 Å². The van der Waals surface area contributed by atoms with Crippen molar-refractivity contribution in [2.45, 2.75) is 0 Å². The van der Waals surface area contributed by atoms with Crippen LogP contribution in [0.2, 0.25) is 0 Å². The zero-order chi connectivity index (χ0) is 19.8. The maximum atomic E-state index is 12.7. The minimum Gasteiger partial charge on any atom is -0.379 e. The Bertz CT molecular complexity index is 775. The Morgan fingerprint density at radius 2 is 2.07 bits per heavy atom. The summed E-state index contributed by atoms with van der Waals surface area (Å²) in [5, 5.41) is 3.00. The van der Waals surface area contributed by atoms with Crippen molar-refractivity contribution in [3.05, 3.63) is 59.9 Å². The Labute approximate surface area is 166 Å². The molecule has 0 saturated carbocycles. The SMILES string of the molecule is CN(C)C[C@@H]1COCCN(C(=O)Nc2ccc(/C=C/c3ccccn3)cc2)C1. The lowest BCUT2D eigenvalue weighted by Gasteiger charge is -2.25. The molecule has 0 aliphatic carbocycles. The molecule has 0 spiro atoms. The lowest BCUT2D eigenvalue weighted by molar-refractivity contribution is 0.112. The fraction of sp³-hybridized carbons (Fsp3) is 0.364. The number of carbonyl (C=O) groups excluding carboxylic acids is 1. The lowest BCUT2D eigenvalue weighted by atomic mass is 10.1. The zero-order valence-electron chi connectivity index (χ0n) is 16.5. The fourth-order valence-electron chi connectivity index (χ4n) is 3.23. The summed E-state index contributed by atoms with van der Waals surface area (Å²) in [7, 11) is 4.08. The molecule has 2 amide bonds. The van der Waals surface area contributed by atoms with Gasteiger partial charge in [-0.25, -0.2) is 4.79 Å². The van der Waals surface area contributed by atoms with Crippen molar-refractivity contribution in [2.24, 2.45) is 5.92 Å². The number of ether oxygens (including phenoxy) is 1. The fourth-order valence-corrected chi connectivity index (χ4v) is 3.23. The first-order valence-corrected chi connectivity index (χ1v) is 9.58. The Morgan fingerprint density at radius 3 is 2.79 bits per heavy atom. The summed E-state index contributed by atoms with van der Waals surface area (Å²) in [6.45, 7) is 3.49. The van der Waals surface area contributed by atoms with E-state index in [1.807, 2.05) is 73.6 Å². The highest BCUT2D eigenvalue weighted by molar-refractivity contribution is 5.89. The molecule has 0 unspecified atom stereocenters. The molecule has 2 heterocycles. The molecule has 1 N–H and O–H groups in total. The number of nitrogens with one attached hydrogen (secondary N) is 1. The maximum absolute atomic E-state index is 12.7. The smallest absolute Gasteiger partial charge is 0.321 e. The van der Waals surface area contributed by atoms with E-state index < -0.39 is 0 Å². The lowest BCUT2D eigenvalue weighted by Crippen LogP contribution is -2.41. The van der Waals surface area contributed by atoms with Crippen molar-refractivity contribution in [1.82, 2.24) is 14.8 Å². The van der Waals surface area contributed by atoms with Crippen molar-refractivity contribution >= 4 is 23.9 Å². The molecule has 1 aliphatic rings. The quantitative estimate of drug-likeness (QED) is 0.865. The van der Waals surface area contributed by atoms with E-state index >= 15 is 0 Å². The summed E-state index contributed by atoms with van der Waals surface area (Å²) in [6, 6.07) is 13.5. The van der Waals surface area contributed by atoms with Crippen LogP contribution >= 0.6 is 0 Å². The summed E-state index contributed by atoms with van der Waals surface area (Å²) in [6.07, 6.45) is 5.75. The number of amides is 2. The van der Waals surface area contributed by atoms with Gasteiger partial charge in [-0.3, -0.25) is 4.98 Å². The van der Waals surface area contributed by atoms with Crippen LogP contribution in [0.15, 0.2) is 48.7 Å². The van der Waals surface area contributed by atoms with Gasteiger partial charge in [0.25, 0.3) is 0 Å². The zero-order valence-corrected chi connectivity index (χ0v) is 16.5. The van der Waals surface area contributed by atoms with Gasteiger partial charge in [0, 0.05) is 37.4 Å². The molecule has 2 aromatic rings. The van der Waals surface area contributed by atoms with Crippen LogP contribution in [0, 0.1) is 5.92 Å². The van der Waals surface area contributed by atoms with Crippen LogP contribution in [0.4, 0.5) is 10.5 Å². The maximum Gasteiger partial charge on any atom is 0.321 e. The number of benzene rings is 1. The van der Waals surface area contributed by atoms with E-state index in [4.69, 9.17) is 4.74 Å². The van der Waals surface area contributed by atoms with Crippen LogP contribution in [0.3, 0.4) is 0 Å². The topological polar surface area (TPSA) is 57.7 Å². The van der Waals surface area contributed by atoms with Crippen molar-refractivity contribution in [2.75, 3.05) is 52.3 Å². The third-order valence-corrected chi connectivity index (χ3v) is 4.54. The largest absolute Gasteiger partial charge is 0.379 e. The number of carbonyl (C=O) groups is 1. The van der Waals surface area contributed by atoms with Crippen molar-refractivity contribution in [1.29, 1.82) is 0 Å². The first-order chi connectivity index (χ1) is 13.6. The minimum atomic E-state index is -0.0777. The average Bonchev–Trinajstić information content (AvgIpc) is 2.93. The van der Waals surface area contributed by atoms with Gasteiger partial charge in [-0.05, 0) is 50.0 Å². The molecule has 1 atom stereocenters. The molecular weight excluding hydrogens is 352 g/mol. The first-order valence-electron chi connectivity index (χ1n) is 9.58. The minimum absolute atomic E-state index is 0.0777. The highest BCUT2D eigenvalue weighted by atomic mass is 16.5. The number of hydrogen-bond donors (Lipinski definition) is 1. The monoisotopic (exact) mass is 380 g/mol. The second-order valence-electron chi connectivity index (χ2n) is 7.29. The van der Waals surface area contributed by atoms with E-state index in [0.29, 0.717) is 32.2 Å². The van der Waals surface area contributed by atoms with Gasteiger partial charge in [0.05, 0.1) is 18.9 Å². The summed E-state index contributed by atoms with van der Waals surface area (Å²) in [5.74, 6) is 0.322. The van der Waals surface area contributed by atoms with Crippen molar-refractivity contribution in [3.8, 4) is 0 Å². The van der Waals surface area contributed by atoms with Gasteiger partial charge in [0.1, 0.15) is 0 Å². The molecule has 28 heavy (non-hydrogen) atoms. The van der Waals surface area contributed by atoms with E-state index in [1.54, 1.807) is 6.20 Å². The van der Waals surface area contributed by atoms with Crippen LogP contribution in [0.5, 0.6) is 0 Å². The third kappa shape index (κ3) is 6.18. The van der Waals surface area contributed by atoms with E-state index in [1.165, 1.54) is 0 Å². The highest BCUT2D eigenvalue weighted by Gasteiger charge is 2.23. The normalized spacial score (nSPS) is 17.7. The van der Waals surface area contributed by atoms with Gasteiger partial charge in [0.15, 0.2) is 0 Å². The Balaban J connectivity index is 1.57. The second-order valence-corrected chi connectivity index (χ2v) is 7.29. The van der Waals surface area contributed by atoms with E-state index in [-0.39, 0.29) is 6.03 Å². The van der Waals surface area contributed by atoms with E-state index in [0.717, 1.165) is 23.5 Å². The average molecular weight is 380 g/mol. The predicted molar refractivity (Wildman–Crippen MR) is 113 cm³/mol. The van der Waals surface area contributed by atoms with Gasteiger partial charge in [-0.1, -0.05) is 24.3 Å². The molecule has 1 aromatic carbocycles. The highest BCUT2D eigenvalue weighted by Crippen LogP contribution is 2.14. The summed E-state index contributed by atoms with van der Waals surface area (Å²) < 4.78 is 5.66. The van der Waals surface area contributed by atoms with Gasteiger partial charge >= 0.3 is 6.03 Å². The summed E-state index contributed by atoms with van der Waals surface area (Å²) in [4.78, 5) is 20.9. The first kappa shape index (κ1) is 20.0. The predicted octanol–water partition coefficient (Wildman–Crippen LogP) is 3.29. The molecule has 1 saturated heterocycles. The number of aromatic nitrogens is 1. The molecule has 0 bridgehead atoms. The number of anilines is 1. The molecule has 1 fully saturated rings. The van der Waals surface area contributed by atoms with Gasteiger partial charge in [0.2, 0.25) is 0 Å². The van der Waals surface area contributed by atoms with Gasteiger partial charge in [-0.2, -0.15) is 0 Å². The van der Waals surface area contributed by atoms with Crippen LogP contribution in [-0.2, 0) is 4.74 Å². The number of hydrogen-bond acceptors (Lipinski definition) is 4. The standard InChI is InChI=1S/C22H28N4O2/c1-25(2)15-19-16-26(13-14-28-17-19)22(27)24-21-10-7-18(8-11-21)6-9-20-5-3-4-12-23-20/h3-12,19H,13-17H2,1-2H3,(H,24,27)/b9-6+/t19-/m0/s1. The third-order valence-electron chi connectivity index (χ3n) is 4.54. The Hall–Kier alpha value is -2.70. The number of nitrogens with zero attached hydrogens (tertiary/aromatic N) is 3. The van der Waals surface area contributed by atoms with Gasteiger partial charge < -0.3 is 19.9 Å². The summed E-state index contributed by atoms with van der Waals surface area (Å²) >= 11 is 0. The molecule has 148 valence electrons. The molecule has 6 heteroatoms. The van der Waals surface area contributed by atoms with E-state index in [2.05, 4.69) is 15.2 Å². The molecular formula is C22H28N4O2. The van der Waals surface area contributed by atoms with Crippen LogP contribution in [0.25, 0.3) is 12.2 Å². The van der Waals surface area contributed by atoms with Crippen molar-refractivity contribution in [3.63, 3.8) is 0 Å².